The average Bonchev–Trinajstić information content (AvgIpc) is 2.17. The van der Waals surface area contributed by atoms with E-state index in [9.17, 15) is 15.2 Å². The van der Waals surface area contributed by atoms with Crippen molar-refractivity contribution in [2.45, 2.75) is 20.3 Å². The largest absolute Gasteiger partial charge is 0.561 e. The average molecular weight is 156 g/mol. The minimum Gasteiger partial charge on any atom is -0.561 e. The number of Topliss-reactive ketones (excluding diaryl/α,β-unsaturated/α-hetero) is 1. The first-order valence-corrected chi connectivity index (χ1v) is 3.28. The summed E-state index contributed by atoms with van der Waals surface area (Å²) in [6, 6.07) is 0. The number of nitrogens with zero attached hydrogens (tertiary/aromatic N) is 2. The molecule has 0 aromatic carbocycles. The van der Waals surface area contributed by atoms with Gasteiger partial charge in [-0.1, -0.05) is 6.92 Å². The molecule has 1 rings (SSSR count). The molecule has 0 aromatic heterocycles. The van der Waals surface area contributed by atoms with E-state index >= 15 is 0 Å². The number of hydrogen-bond acceptors (Lipinski definition) is 3. The van der Waals surface area contributed by atoms with Crippen LogP contribution in [0.3, 0.4) is 0 Å². The van der Waals surface area contributed by atoms with E-state index < -0.39 is 5.78 Å². The zero-order valence-electron chi connectivity index (χ0n) is 6.33. The smallest absolute Gasteiger partial charge is 0.327 e. The van der Waals surface area contributed by atoms with Crippen LogP contribution in [0.4, 0.5) is 0 Å². The molecule has 0 N–H and O–H groups in total. The minimum atomic E-state index is -0.447. The lowest BCUT2D eigenvalue weighted by atomic mass is 10.1. The summed E-state index contributed by atoms with van der Waals surface area (Å²) < 4.78 is 0. The maximum Gasteiger partial charge on any atom is 0.327 e. The van der Waals surface area contributed by atoms with Crippen LogP contribution in [0.1, 0.15) is 20.3 Å². The topological polar surface area (TPSA) is 69.2 Å². The van der Waals surface area contributed by atoms with Gasteiger partial charge in [-0.2, -0.15) is 0 Å². The third kappa shape index (κ3) is 0.886. The number of hydrogen-bond donors (Lipinski definition) is 0. The highest BCUT2D eigenvalue weighted by Gasteiger charge is 2.39. The van der Waals surface area contributed by atoms with Crippen molar-refractivity contribution in [2.24, 2.45) is 0 Å². The summed E-state index contributed by atoms with van der Waals surface area (Å²) in [5, 5.41) is 21.5. The Morgan fingerprint density at radius 3 is 2.09 bits per heavy atom. The fourth-order valence-corrected chi connectivity index (χ4v) is 0.924. The Hall–Kier alpha value is -1.39. The van der Waals surface area contributed by atoms with Gasteiger partial charge in [0.25, 0.3) is 0 Å². The van der Waals surface area contributed by atoms with Crippen LogP contribution in [0.5, 0.6) is 0 Å². The highest BCUT2D eigenvalue weighted by atomic mass is 16.7. The van der Waals surface area contributed by atoms with Crippen LogP contribution in [0, 0.1) is 10.4 Å². The molecule has 0 atom stereocenters. The number of ketones is 1. The van der Waals surface area contributed by atoms with E-state index in [4.69, 9.17) is 0 Å². The summed E-state index contributed by atoms with van der Waals surface area (Å²) in [5.74, 6) is -0.447. The lowest BCUT2D eigenvalue weighted by Gasteiger charge is -1.94. The van der Waals surface area contributed by atoms with Crippen LogP contribution >= 0.6 is 0 Å². The first kappa shape index (κ1) is 7.71. The van der Waals surface area contributed by atoms with Gasteiger partial charge in [-0.3, -0.25) is 4.79 Å². The Morgan fingerprint density at radius 1 is 1.36 bits per heavy atom. The first-order chi connectivity index (χ1) is 5.09. The Morgan fingerprint density at radius 2 is 1.91 bits per heavy atom. The number of carbonyl (C=O) groups excluding carboxylic acids is 1. The van der Waals surface area contributed by atoms with Crippen LogP contribution in [-0.2, 0) is 4.79 Å². The van der Waals surface area contributed by atoms with Crippen LogP contribution in [0.25, 0.3) is 0 Å². The molecule has 1 aliphatic heterocycles. The second-order valence-electron chi connectivity index (χ2n) is 2.26. The Bertz CT molecular complexity index is 278. The van der Waals surface area contributed by atoms with Gasteiger partial charge in [0.1, 0.15) is 0 Å². The monoisotopic (exact) mass is 156 g/mol. The molecule has 0 unspecified atom stereocenters. The lowest BCUT2D eigenvalue weighted by Crippen LogP contribution is -2.18. The van der Waals surface area contributed by atoms with Crippen LogP contribution in [-0.4, -0.2) is 26.9 Å². The quantitative estimate of drug-likeness (QED) is 0.390. The Labute approximate surface area is 63.4 Å². The van der Waals surface area contributed by atoms with Gasteiger partial charge in [-0.05, 0) is 0 Å². The molecule has 0 fully saturated rings. The third-order valence-corrected chi connectivity index (χ3v) is 1.61. The number of hydrazine groups is 1. The first-order valence-electron chi connectivity index (χ1n) is 3.28. The van der Waals surface area contributed by atoms with Gasteiger partial charge >= 0.3 is 17.2 Å². The predicted octanol–water partition coefficient (Wildman–Crippen LogP) is -0.183. The van der Waals surface area contributed by atoms with Crippen molar-refractivity contribution in [3.63, 3.8) is 0 Å². The maximum atomic E-state index is 11.0. The van der Waals surface area contributed by atoms with E-state index in [0.29, 0.717) is 6.42 Å². The molecule has 5 nitrogen and oxygen atoms in total. The van der Waals surface area contributed by atoms with E-state index in [-0.39, 0.29) is 21.1 Å². The Balaban J connectivity index is 3.15. The van der Waals surface area contributed by atoms with Crippen molar-refractivity contribution in [2.75, 3.05) is 0 Å². The van der Waals surface area contributed by atoms with Gasteiger partial charge in [-0.15, -0.1) is 0 Å². The summed E-state index contributed by atoms with van der Waals surface area (Å²) in [6.07, 6.45) is 0.290. The van der Waals surface area contributed by atoms with E-state index in [1.54, 1.807) is 6.92 Å². The van der Waals surface area contributed by atoms with Gasteiger partial charge in [0.05, 0.1) is 9.70 Å². The second kappa shape index (κ2) is 2.34. The van der Waals surface area contributed by atoms with Crippen LogP contribution in [0.2, 0.25) is 0 Å². The molecule has 0 saturated carbocycles. The maximum absolute atomic E-state index is 11.0. The zero-order chi connectivity index (χ0) is 8.59. The standard InChI is InChI=1S/C6H8N2O3/c1-3-5-6(9)4(2)7(10)8(5)11/h3H2,1-2H3. The fraction of sp³-hybridized carbons (Fsp3) is 0.500. The van der Waals surface area contributed by atoms with Crippen molar-refractivity contribution in [3.8, 4) is 0 Å². The molecule has 5 heteroatoms. The number of rotatable bonds is 1. The van der Waals surface area contributed by atoms with Gasteiger partial charge in [0.2, 0.25) is 0 Å². The van der Waals surface area contributed by atoms with E-state index in [1.807, 2.05) is 0 Å². The predicted molar refractivity (Wildman–Crippen MR) is 38.2 cm³/mol. The molecule has 60 valence electrons. The van der Waals surface area contributed by atoms with E-state index in [0.717, 1.165) is 0 Å². The summed E-state index contributed by atoms with van der Waals surface area (Å²) in [5.41, 5.74) is -0.0469. The molecule has 0 radical (unpaired) electrons. The lowest BCUT2D eigenvalue weighted by molar-refractivity contribution is -1.05. The van der Waals surface area contributed by atoms with Crippen molar-refractivity contribution in [1.82, 2.24) is 0 Å². The summed E-state index contributed by atoms with van der Waals surface area (Å²) in [4.78, 5) is 11.2. The molecule has 11 heavy (non-hydrogen) atoms. The minimum absolute atomic E-state index is 0.0116. The second-order valence-corrected chi connectivity index (χ2v) is 2.26. The highest BCUT2D eigenvalue weighted by Crippen LogP contribution is 1.99. The molecular weight excluding hydrogens is 148 g/mol. The molecule has 1 aliphatic rings. The van der Waals surface area contributed by atoms with Crippen molar-refractivity contribution in [1.29, 1.82) is 0 Å². The summed E-state index contributed by atoms with van der Waals surface area (Å²) in [7, 11) is 0. The molecule has 0 aliphatic carbocycles. The molecule has 0 aromatic rings. The summed E-state index contributed by atoms with van der Waals surface area (Å²) >= 11 is 0. The van der Waals surface area contributed by atoms with Gasteiger partial charge < -0.3 is 10.4 Å². The number of carbonyl (C=O) groups is 1. The van der Waals surface area contributed by atoms with Gasteiger partial charge in [0.15, 0.2) is 0 Å². The molecule has 0 spiro atoms. The molecule has 0 amide bonds. The normalized spacial score (nSPS) is 18.5. The molecule has 0 bridgehead atoms. The highest BCUT2D eigenvalue weighted by molar-refractivity contribution is 6.64. The van der Waals surface area contributed by atoms with Gasteiger partial charge in [0, 0.05) is 13.3 Å². The number of hydrazone groups is 2. The van der Waals surface area contributed by atoms with Crippen molar-refractivity contribution < 1.29 is 14.5 Å². The van der Waals surface area contributed by atoms with E-state index in [2.05, 4.69) is 0 Å². The van der Waals surface area contributed by atoms with Gasteiger partial charge in [-0.25, -0.2) is 0 Å². The summed E-state index contributed by atoms with van der Waals surface area (Å²) in [6.45, 7) is 2.99. The third-order valence-electron chi connectivity index (χ3n) is 1.61. The fourth-order valence-electron chi connectivity index (χ4n) is 0.924. The molecule has 1 heterocycles. The van der Waals surface area contributed by atoms with Crippen molar-refractivity contribution >= 4 is 17.2 Å². The van der Waals surface area contributed by atoms with E-state index in [1.165, 1.54) is 6.92 Å². The molecular formula is C6H8N2O3. The molecule has 0 saturated heterocycles. The van der Waals surface area contributed by atoms with Crippen LogP contribution < -0.4 is 0 Å². The Kier molecular flexibility index (Phi) is 1.64. The van der Waals surface area contributed by atoms with Crippen molar-refractivity contribution in [3.05, 3.63) is 10.4 Å². The SMILES string of the molecule is CCC1=[N+]([O-])[N+]([O-])=C(C)C1=O. The zero-order valence-corrected chi connectivity index (χ0v) is 6.33. The van der Waals surface area contributed by atoms with Crippen LogP contribution in [0.15, 0.2) is 0 Å².